The first-order valence-corrected chi connectivity index (χ1v) is 8.26. The van der Waals surface area contributed by atoms with E-state index in [0.29, 0.717) is 12.5 Å². The summed E-state index contributed by atoms with van der Waals surface area (Å²) in [6, 6.07) is 23.8. The molecular formula is C20H23N3. The van der Waals surface area contributed by atoms with Gasteiger partial charge in [-0.25, -0.2) is 0 Å². The topological polar surface area (TPSA) is 30.3 Å². The minimum absolute atomic E-state index is 0.317. The van der Waals surface area contributed by atoms with Gasteiger partial charge >= 0.3 is 0 Å². The molecule has 0 bridgehead atoms. The van der Waals surface area contributed by atoms with Crippen molar-refractivity contribution in [3.05, 3.63) is 71.8 Å². The van der Waals surface area contributed by atoms with E-state index < -0.39 is 0 Å². The van der Waals surface area contributed by atoms with E-state index in [1.165, 1.54) is 11.1 Å². The Hall–Kier alpha value is -2.15. The van der Waals surface area contributed by atoms with Gasteiger partial charge in [-0.1, -0.05) is 60.7 Å². The summed E-state index contributed by atoms with van der Waals surface area (Å²) in [5, 5.41) is 9.18. The van der Waals surface area contributed by atoms with Gasteiger partial charge in [-0.15, -0.1) is 0 Å². The molecule has 0 unspecified atom stereocenters. The molecule has 3 heteroatoms. The summed E-state index contributed by atoms with van der Waals surface area (Å²) in [5.41, 5.74) is 2.67. The highest BCUT2D eigenvalue weighted by Crippen LogP contribution is 2.18. The van der Waals surface area contributed by atoms with E-state index in [0.717, 1.165) is 32.7 Å². The Morgan fingerprint density at radius 1 is 0.870 bits per heavy atom. The smallest absolute Gasteiger partial charge is 0.0638 e. The summed E-state index contributed by atoms with van der Waals surface area (Å²) in [4.78, 5) is 4.93. The highest BCUT2D eigenvalue weighted by molar-refractivity contribution is 5.16. The van der Waals surface area contributed by atoms with Gasteiger partial charge in [0.25, 0.3) is 0 Å². The Morgan fingerprint density at radius 3 is 2.09 bits per heavy atom. The lowest BCUT2D eigenvalue weighted by molar-refractivity contribution is 0.0662. The van der Waals surface area contributed by atoms with E-state index in [1.807, 2.05) is 6.07 Å². The van der Waals surface area contributed by atoms with E-state index in [9.17, 15) is 5.26 Å². The largest absolute Gasteiger partial charge is 0.296 e. The van der Waals surface area contributed by atoms with Crippen LogP contribution < -0.4 is 0 Å². The maximum atomic E-state index is 9.18. The molecule has 1 aliphatic rings. The SMILES string of the molecule is N#CC[C@@H]1CN(Cc2ccccc2)CCN1Cc1ccccc1. The number of piperazine rings is 1. The van der Waals surface area contributed by atoms with Crippen LogP contribution in [0.3, 0.4) is 0 Å². The molecule has 0 aromatic heterocycles. The average Bonchev–Trinajstić information content (AvgIpc) is 2.59. The van der Waals surface area contributed by atoms with Crippen LogP contribution in [0.2, 0.25) is 0 Å². The summed E-state index contributed by atoms with van der Waals surface area (Å²) in [7, 11) is 0. The summed E-state index contributed by atoms with van der Waals surface area (Å²) < 4.78 is 0. The quantitative estimate of drug-likeness (QED) is 0.849. The molecule has 3 rings (SSSR count). The molecule has 1 aliphatic heterocycles. The Kier molecular flexibility index (Phi) is 5.42. The van der Waals surface area contributed by atoms with Gasteiger partial charge in [-0.3, -0.25) is 9.80 Å². The predicted octanol–water partition coefficient (Wildman–Crippen LogP) is 3.29. The molecule has 118 valence electrons. The summed E-state index contributed by atoms with van der Waals surface area (Å²) >= 11 is 0. The Labute approximate surface area is 138 Å². The van der Waals surface area contributed by atoms with Crippen molar-refractivity contribution in [3.63, 3.8) is 0 Å². The second-order valence-electron chi connectivity index (χ2n) is 6.19. The number of hydrogen-bond donors (Lipinski definition) is 0. The summed E-state index contributed by atoms with van der Waals surface area (Å²) in [6.07, 6.45) is 0.595. The minimum Gasteiger partial charge on any atom is -0.296 e. The lowest BCUT2D eigenvalue weighted by Crippen LogP contribution is -2.52. The van der Waals surface area contributed by atoms with Gasteiger partial charge in [0.2, 0.25) is 0 Å². The molecule has 3 nitrogen and oxygen atoms in total. The second-order valence-corrected chi connectivity index (χ2v) is 6.19. The van der Waals surface area contributed by atoms with Gasteiger partial charge < -0.3 is 0 Å². The number of rotatable bonds is 5. The Morgan fingerprint density at radius 2 is 1.48 bits per heavy atom. The van der Waals surface area contributed by atoms with Crippen molar-refractivity contribution in [2.75, 3.05) is 19.6 Å². The van der Waals surface area contributed by atoms with Crippen LogP contribution in [0.25, 0.3) is 0 Å². The molecule has 0 radical (unpaired) electrons. The molecule has 2 aromatic carbocycles. The molecule has 1 heterocycles. The molecule has 1 fully saturated rings. The molecule has 0 aliphatic carbocycles. The third-order valence-electron chi connectivity index (χ3n) is 4.49. The first-order chi connectivity index (χ1) is 11.3. The van der Waals surface area contributed by atoms with Crippen molar-refractivity contribution in [1.29, 1.82) is 5.26 Å². The fourth-order valence-electron chi connectivity index (χ4n) is 3.27. The molecule has 0 amide bonds. The van der Waals surface area contributed by atoms with E-state index in [1.54, 1.807) is 0 Å². The number of hydrogen-bond acceptors (Lipinski definition) is 3. The maximum Gasteiger partial charge on any atom is 0.0638 e. The first kappa shape index (κ1) is 15.7. The van der Waals surface area contributed by atoms with Crippen LogP contribution in [0.5, 0.6) is 0 Å². The van der Waals surface area contributed by atoms with Crippen LogP contribution in [0.1, 0.15) is 17.5 Å². The monoisotopic (exact) mass is 305 g/mol. The summed E-state index contributed by atoms with van der Waals surface area (Å²) in [5.74, 6) is 0. The standard InChI is InChI=1S/C20H23N3/c21-12-11-20-17-22(15-18-7-3-1-4-8-18)13-14-23(20)16-19-9-5-2-6-10-19/h1-10,20H,11,13-17H2/t20-/m1/s1. The van der Waals surface area contributed by atoms with Gasteiger partial charge in [0, 0.05) is 38.8 Å². The Bertz CT molecular complexity index is 633. The maximum absolute atomic E-state index is 9.18. The van der Waals surface area contributed by atoms with Crippen molar-refractivity contribution in [2.45, 2.75) is 25.6 Å². The minimum atomic E-state index is 0.317. The van der Waals surface area contributed by atoms with Crippen molar-refractivity contribution in [2.24, 2.45) is 0 Å². The average molecular weight is 305 g/mol. The lowest BCUT2D eigenvalue weighted by atomic mass is 10.1. The zero-order chi connectivity index (χ0) is 15.9. The van der Waals surface area contributed by atoms with Crippen molar-refractivity contribution >= 4 is 0 Å². The van der Waals surface area contributed by atoms with Crippen LogP contribution in [0.15, 0.2) is 60.7 Å². The fraction of sp³-hybridized carbons (Fsp3) is 0.350. The molecule has 0 spiro atoms. The zero-order valence-corrected chi connectivity index (χ0v) is 13.4. The van der Waals surface area contributed by atoms with Gasteiger partial charge in [-0.05, 0) is 11.1 Å². The highest BCUT2D eigenvalue weighted by atomic mass is 15.3. The van der Waals surface area contributed by atoms with E-state index in [2.05, 4.69) is 70.5 Å². The van der Waals surface area contributed by atoms with E-state index in [4.69, 9.17) is 0 Å². The van der Waals surface area contributed by atoms with Crippen molar-refractivity contribution in [1.82, 2.24) is 9.80 Å². The van der Waals surface area contributed by atoms with E-state index in [-0.39, 0.29) is 0 Å². The Balaban J connectivity index is 1.62. The lowest BCUT2D eigenvalue weighted by Gasteiger charge is -2.40. The van der Waals surface area contributed by atoms with Gasteiger partial charge in [-0.2, -0.15) is 5.26 Å². The van der Waals surface area contributed by atoms with Crippen molar-refractivity contribution < 1.29 is 0 Å². The van der Waals surface area contributed by atoms with Gasteiger partial charge in [0.05, 0.1) is 12.5 Å². The molecule has 1 saturated heterocycles. The molecule has 23 heavy (non-hydrogen) atoms. The second kappa shape index (κ2) is 7.92. The fourth-order valence-corrected chi connectivity index (χ4v) is 3.27. The van der Waals surface area contributed by atoms with Crippen LogP contribution in [0, 0.1) is 11.3 Å². The third-order valence-corrected chi connectivity index (χ3v) is 4.49. The highest BCUT2D eigenvalue weighted by Gasteiger charge is 2.26. The molecule has 0 N–H and O–H groups in total. The third kappa shape index (κ3) is 4.41. The van der Waals surface area contributed by atoms with Gasteiger partial charge in [0.1, 0.15) is 0 Å². The predicted molar refractivity (Wildman–Crippen MR) is 92.6 cm³/mol. The zero-order valence-electron chi connectivity index (χ0n) is 13.4. The molecule has 0 saturated carbocycles. The van der Waals surface area contributed by atoms with Crippen LogP contribution in [-0.4, -0.2) is 35.5 Å². The molecule has 1 atom stereocenters. The molecule has 2 aromatic rings. The van der Waals surface area contributed by atoms with Crippen LogP contribution in [-0.2, 0) is 13.1 Å². The van der Waals surface area contributed by atoms with Crippen LogP contribution >= 0.6 is 0 Å². The van der Waals surface area contributed by atoms with Gasteiger partial charge in [0.15, 0.2) is 0 Å². The number of nitriles is 1. The number of nitrogens with zero attached hydrogens (tertiary/aromatic N) is 3. The normalized spacial score (nSPS) is 19.3. The van der Waals surface area contributed by atoms with E-state index >= 15 is 0 Å². The first-order valence-electron chi connectivity index (χ1n) is 8.26. The molecular weight excluding hydrogens is 282 g/mol. The van der Waals surface area contributed by atoms with Crippen molar-refractivity contribution in [3.8, 4) is 6.07 Å². The van der Waals surface area contributed by atoms with Crippen LogP contribution in [0.4, 0.5) is 0 Å². The number of benzene rings is 2. The summed E-state index contributed by atoms with van der Waals surface area (Å²) in [6.45, 7) is 4.96.